The maximum absolute atomic E-state index is 12.9. The molecule has 4 nitrogen and oxygen atoms in total. The van der Waals surface area contributed by atoms with Crippen LogP contribution in [0.1, 0.15) is 11.1 Å². The molecule has 4 aromatic rings. The van der Waals surface area contributed by atoms with E-state index in [1.54, 1.807) is 0 Å². The molecular formula is C23H20ClN3O. The molecule has 0 bridgehead atoms. The van der Waals surface area contributed by atoms with Gasteiger partial charge in [-0.05, 0) is 55.3 Å². The fourth-order valence-corrected chi connectivity index (χ4v) is 3.52. The summed E-state index contributed by atoms with van der Waals surface area (Å²) in [6.07, 6.45) is 0. The van der Waals surface area contributed by atoms with Gasteiger partial charge in [0.15, 0.2) is 0 Å². The number of imidazole rings is 1. The lowest BCUT2D eigenvalue weighted by Crippen LogP contribution is -2.20. The fraction of sp³-hybridized carbons (Fsp3) is 0.130. The number of aryl methyl sites for hydroxylation is 1. The summed E-state index contributed by atoms with van der Waals surface area (Å²) in [4.78, 5) is 17.6. The predicted octanol–water partition coefficient (Wildman–Crippen LogP) is 5.61. The number of carbonyl (C=O) groups is 1. The normalized spacial score (nSPS) is 11.0. The molecule has 0 aliphatic rings. The SMILES string of the molecule is Cc1cccc(NC(=O)Cn2c(-c3ccccc3Cl)nc3ccccc32)c1C. The highest BCUT2D eigenvalue weighted by molar-refractivity contribution is 6.33. The van der Waals surface area contributed by atoms with E-state index in [0.29, 0.717) is 10.8 Å². The van der Waals surface area contributed by atoms with Crippen LogP contribution in [-0.2, 0) is 11.3 Å². The Morgan fingerprint density at radius 1 is 1.00 bits per heavy atom. The topological polar surface area (TPSA) is 46.9 Å². The van der Waals surface area contributed by atoms with Crippen molar-refractivity contribution in [1.82, 2.24) is 9.55 Å². The number of fused-ring (bicyclic) bond motifs is 1. The van der Waals surface area contributed by atoms with Crippen molar-refractivity contribution in [2.75, 3.05) is 5.32 Å². The minimum absolute atomic E-state index is 0.106. The Bertz CT molecular complexity index is 1180. The van der Waals surface area contributed by atoms with E-state index in [2.05, 4.69) is 5.32 Å². The van der Waals surface area contributed by atoms with Crippen LogP contribution < -0.4 is 5.32 Å². The molecule has 0 radical (unpaired) electrons. The van der Waals surface area contributed by atoms with Gasteiger partial charge in [0.05, 0.1) is 16.1 Å². The summed E-state index contributed by atoms with van der Waals surface area (Å²) in [5, 5.41) is 3.63. The number of aromatic nitrogens is 2. The van der Waals surface area contributed by atoms with Crippen molar-refractivity contribution in [2.45, 2.75) is 20.4 Å². The van der Waals surface area contributed by atoms with Crippen LogP contribution in [0.25, 0.3) is 22.4 Å². The van der Waals surface area contributed by atoms with E-state index < -0.39 is 0 Å². The number of anilines is 1. The first-order valence-electron chi connectivity index (χ1n) is 9.11. The van der Waals surface area contributed by atoms with Crippen LogP contribution in [0.4, 0.5) is 5.69 Å². The zero-order chi connectivity index (χ0) is 19.7. The van der Waals surface area contributed by atoms with E-state index in [-0.39, 0.29) is 12.5 Å². The van der Waals surface area contributed by atoms with Crippen molar-refractivity contribution in [3.63, 3.8) is 0 Å². The quantitative estimate of drug-likeness (QED) is 0.493. The molecular weight excluding hydrogens is 370 g/mol. The molecule has 28 heavy (non-hydrogen) atoms. The van der Waals surface area contributed by atoms with Crippen LogP contribution in [0.2, 0.25) is 5.02 Å². The lowest BCUT2D eigenvalue weighted by molar-refractivity contribution is -0.116. The summed E-state index contributed by atoms with van der Waals surface area (Å²) in [5.74, 6) is 0.577. The van der Waals surface area contributed by atoms with Gasteiger partial charge in [0.2, 0.25) is 5.91 Å². The number of halogens is 1. The third-order valence-electron chi connectivity index (χ3n) is 4.95. The molecule has 5 heteroatoms. The van der Waals surface area contributed by atoms with Crippen molar-refractivity contribution >= 4 is 34.2 Å². The number of benzene rings is 3. The highest BCUT2D eigenvalue weighted by Crippen LogP contribution is 2.30. The van der Waals surface area contributed by atoms with Gasteiger partial charge in [0.25, 0.3) is 0 Å². The van der Waals surface area contributed by atoms with Crippen LogP contribution in [0.5, 0.6) is 0 Å². The minimum atomic E-state index is -0.106. The second-order valence-corrected chi connectivity index (χ2v) is 7.19. The van der Waals surface area contributed by atoms with Gasteiger partial charge in [0.1, 0.15) is 12.4 Å². The Labute approximate surface area is 168 Å². The van der Waals surface area contributed by atoms with Crippen LogP contribution in [0, 0.1) is 13.8 Å². The monoisotopic (exact) mass is 389 g/mol. The second-order valence-electron chi connectivity index (χ2n) is 6.79. The van der Waals surface area contributed by atoms with Crippen LogP contribution in [0.3, 0.4) is 0 Å². The molecule has 0 atom stereocenters. The van der Waals surface area contributed by atoms with Gasteiger partial charge >= 0.3 is 0 Å². The first kappa shape index (κ1) is 18.3. The van der Waals surface area contributed by atoms with E-state index in [0.717, 1.165) is 33.4 Å². The van der Waals surface area contributed by atoms with Gasteiger partial charge in [-0.25, -0.2) is 4.98 Å². The molecule has 1 N–H and O–H groups in total. The molecule has 0 saturated heterocycles. The standard InChI is InChI=1S/C23H20ClN3O/c1-15-8-7-12-19(16(15)2)25-22(28)14-27-21-13-6-5-11-20(21)26-23(27)17-9-3-4-10-18(17)24/h3-13H,14H2,1-2H3,(H,25,28). The molecule has 3 aromatic carbocycles. The maximum Gasteiger partial charge on any atom is 0.244 e. The average molecular weight is 390 g/mol. The fourth-order valence-electron chi connectivity index (χ4n) is 3.30. The van der Waals surface area contributed by atoms with Crippen molar-refractivity contribution in [2.24, 2.45) is 0 Å². The van der Waals surface area contributed by atoms with E-state index in [1.807, 2.05) is 85.1 Å². The molecule has 1 heterocycles. The molecule has 0 saturated carbocycles. The molecule has 0 aliphatic heterocycles. The van der Waals surface area contributed by atoms with Gasteiger partial charge in [0, 0.05) is 11.3 Å². The number of hydrogen-bond donors (Lipinski definition) is 1. The highest BCUT2D eigenvalue weighted by atomic mass is 35.5. The Hall–Kier alpha value is -3.11. The Morgan fingerprint density at radius 2 is 1.75 bits per heavy atom. The molecule has 140 valence electrons. The number of amides is 1. The number of nitrogens with one attached hydrogen (secondary N) is 1. The molecule has 4 rings (SSSR count). The summed E-state index contributed by atoms with van der Waals surface area (Å²) in [6.45, 7) is 4.19. The van der Waals surface area contributed by atoms with Gasteiger partial charge in [-0.2, -0.15) is 0 Å². The van der Waals surface area contributed by atoms with Crippen molar-refractivity contribution in [3.8, 4) is 11.4 Å². The number of nitrogens with zero attached hydrogens (tertiary/aromatic N) is 2. The van der Waals surface area contributed by atoms with E-state index in [4.69, 9.17) is 16.6 Å². The van der Waals surface area contributed by atoms with Crippen molar-refractivity contribution in [1.29, 1.82) is 0 Å². The molecule has 0 unspecified atom stereocenters. The Kier molecular flexibility index (Phi) is 4.88. The average Bonchev–Trinajstić information content (AvgIpc) is 3.04. The summed E-state index contributed by atoms with van der Waals surface area (Å²) in [7, 11) is 0. The first-order valence-corrected chi connectivity index (χ1v) is 9.48. The van der Waals surface area contributed by atoms with Gasteiger partial charge in [-0.15, -0.1) is 0 Å². The van der Waals surface area contributed by atoms with Gasteiger partial charge < -0.3 is 9.88 Å². The largest absolute Gasteiger partial charge is 0.324 e. The van der Waals surface area contributed by atoms with Gasteiger partial charge in [-0.3, -0.25) is 4.79 Å². The molecule has 1 amide bonds. The van der Waals surface area contributed by atoms with Crippen molar-refractivity contribution in [3.05, 3.63) is 82.9 Å². The lowest BCUT2D eigenvalue weighted by Gasteiger charge is -2.13. The van der Waals surface area contributed by atoms with Crippen LogP contribution in [0.15, 0.2) is 66.7 Å². The first-order chi connectivity index (χ1) is 13.5. The number of hydrogen-bond acceptors (Lipinski definition) is 2. The third-order valence-corrected chi connectivity index (χ3v) is 5.28. The van der Waals surface area contributed by atoms with Crippen LogP contribution >= 0.6 is 11.6 Å². The number of para-hydroxylation sites is 2. The lowest BCUT2D eigenvalue weighted by atomic mass is 10.1. The van der Waals surface area contributed by atoms with Crippen molar-refractivity contribution < 1.29 is 4.79 Å². The second kappa shape index (κ2) is 7.49. The molecule has 0 aliphatic carbocycles. The summed E-state index contributed by atoms with van der Waals surface area (Å²) in [5.41, 5.74) is 5.57. The molecule has 0 spiro atoms. The number of carbonyl (C=O) groups excluding carboxylic acids is 1. The minimum Gasteiger partial charge on any atom is -0.324 e. The van der Waals surface area contributed by atoms with E-state index >= 15 is 0 Å². The Balaban J connectivity index is 1.73. The van der Waals surface area contributed by atoms with E-state index in [1.165, 1.54) is 0 Å². The predicted molar refractivity (Wildman–Crippen MR) is 115 cm³/mol. The van der Waals surface area contributed by atoms with Crippen LogP contribution in [-0.4, -0.2) is 15.5 Å². The maximum atomic E-state index is 12.9. The zero-order valence-electron chi connectivity index (χ0n) is 15.7. The third kappa shape index (κ3) is 3.39. The summed E-state index contributed by atoms with van der Waals surface area (Å²) >= 11 is 6.41. The highest BCUT2D eigenvalue weighted by Gasteiger charge is 2.17. The van der Waals surface area contributed by atoms with Gasteiger partial charge in [-0.1, -0.05) is 48.0 Å². The molecule has 1 aromatic heterocycles. The number of rotatable bonds is 4. The molecule has 0 fully saturated rings. The smallest absolute Gasteiger partial charge is 0.244 e. The Morgan fingerprint density at radius 3 is 2.57 bits per heavy atom. The summed E-state index contributed by atoms with van der Waals surface area (Å²) < 4.78 is 1.91. The zero-order valence-corrected chi connectivity index (χ0v) is 16.5. The van der Waals surface area contributed by atoms with E-state index in [9.17, 15) is 4.79 Å². The summed E-state index contributed by atoms with van der Waals surface area (Å²) in [6, 6.07) is 21.2.